The SMILES string of the molecule is CCOc1cc(C(=O)Nc2cc(C(F)(F)F)ccn2)ccc1-c1nc([C@@H]2CC[C@@](C(=O)C3CC3)(C(F)(F)F)NC2)n2ccnc(N)c12. The highest BCUT2D eigenvalue weighted by molar-refractivity contribution is 6.05. The van der Waals surface area contributed by atoms with Gasteiger partial charge in [0.1, 0.15) is 34.4 Å². The zero-order chi connectivity index (χ0) is 33.7. The minimum absolute atomic E-state index is 0.0206. The fourth-order valence-electron chi connectivity index (χ4n) is 5.95. The second-order valence-electron chi connectivity index (χ2n) is 11.5. The lowest BCUT2D eigenvalue weighted by atomic mass is 9.78. The van der Waals surface area contributed by atoms with Crippen molar-refractivity contribution in [2.24, 2.45) is 5.92 Å². The highest BCUT2D eigenvalue weighted by atomic mass is 19.4. The summed E-state index contributed by atoms with van der Waals surface area (Å²) >= 11 is 0. The molecule has 1 aromatic carbocycles. The van der Waals surface area contributed by atoms with Crippen LogP contribution in [0.25, 0.3) is 16.8 Å². The number of nitrogens with zero attached hydrogens (tertiary/aromatic N) is 4. The number of nitrogens with two attached hydrogens (primary N) is 1. The van der Waals surface area contributed by atoms with Crippen LogP contribution in [0.2, 0.25) is 0 Å². The molecule has 248 valence electrons. The van der Waals surface area contributed by atoms with Gasteiger partial charge in [0.25, 0.3) is 5.91 Å². The first-order chi connectivity index (χ1) is 22.2. The summed E-state index contributed by atoms with van der Waals surface area (Å²) in [5.74, 6) is -2.31. The number of anilines is 2. The summed E-state index contributed by atoms with van der Waals surface area (Å²) in [7, 11) is 0. The van der Waals surface area contributed by atoms with E-state index < -0.39 is 53.4 Å². The molecule has 1 saturated carbocycles. The van der Waals surface area contributed by atoms with Gasteiger partial charge >= 0.3 is 12.4 Å². The average molecular weight is 662 g/mol. The zero-order valence-corrected chi connectivity index (χ0v) is 24.9. The molecule has 4 aromatic rings. The molecule has 3 aromatic heterocycles. The van der Waals surface area contributed by atoms with E-state index >= 15 is 0 Å². The second-order valence-corrected chi connectivity index (χ2v) is 11.5. The van der Waals surface area contributed by atoms with E-state index in [4.69, 9.17) is 15.5 Å². The molecule has 4 N–H and O–H groups in total. The molecule has 0 spiro atoms. The van der Waals surface area contributed by atoms with E-state index in [0.717, 1.165) is 12.3 Å². The molecule has 4 heterocycles. The Kier molecular flexibility index (Phi) is 8.10. The van der Waals surface area contributed by atoms with Gasteiger partial charge in [-0.3, -0.25) is 19.3 Å². The number of ether oxygens (including phenoxy) is 1. The molecule has 2 aliphatic rings. The van der Waals surface area contributed by atoms with Crippen LogP contribution in [0.5, 0.6) is 5.75 Å². The third kappa shape index (κ3) is 5.97. The normalized spacial score (nSPS) is 20.3. The van der Waals surface area contributed by atoms with Crippen molar-refractivity contribution < 1.29 is 40.7 Å². The van der Waals surface area contributed by atoms with Gasteiger partial charge in [-0.25, -0.2) is 15.0 Å². The number of rotatable bonds is 8. The summed E-state index contributed by atoms with van der Waals surface area (Å²) in [5.41, 5.74) is 3.78. The molecule has 1 saturated heterocycles. The number of imidazole rings is 1. The first-order valence-electron chi connectivity index (χ1n) is 14.8. The van der Waals surface area contributed by atoms with Gasteiger partial charge in [0.05, 0.1) is 12.2 Å². The van der Waals surface area contributed by atoms with Gasteiger partial charge in [0.15, 0.2) is 11.3 Å². The van der Waals surface area contributed by atoms with Crippen LogP contribution >= 0.6 is 0 Å². The maximum absolute atomic E-state index is 14.3. The number of ketones is 1. The number of hydrogen-bond acceptors (Lipinski definition) is 8. The molecule has 16 heteroatoms. The Bertz CT molecular complexity index is 1840. The molecule has 2 atom stereocenters. The largest absolute Gasteiger partial charge is 0.493 e. The number of piperidine rings is 1. The number of amides is 1. The van der Waals surface area contributed by atoms with E-state index in [1.165, 1.54) is 24.4 Å². The van der Waals surface area contributed by atoms with Crippen molar-refractivity contribution in [3.05, 3.63) is 65.9 Å². The van der Waals surface area contributed by atoms with Crippen LogP contribution in [0.3, 0.4) is 0 Å². The number of alkyl halides is 6. The molecule has 2 fully saturated rings. The minimum atomic E-state index is -4.76. The summed E-state index contributed by atoms with van der Waals surface area (Å²) in [4.78, 5) is 38.6. The summed E-state index contributed by atoms with van der Waals surface area (Å²) in [6, 6.07) is 5.83. The van der Waals surface area contributed by atoms with Crippen LogP contribution in [0.15, 0.2) is 48.9 Å². The number of aromatic nitrogens is 4. The van der Waals surface area contributed by atoms with Crippen molar-refractivity contribution in [2.45, 2.75) is 56.4 Å². The van der Waals surface area contributed by atoms with E-state index in [9.17, 15) is 35.9 Å². The monoisotopic (exact) mass is 661 g/mol. The van der Waals surface area contributed by atoms with Crippen LogP contribution in [-0.4, -0.2) is 55.9 Å². The number of benzene rings is 1. The number of hydrogen-bond donors (Lipinski definition) is 3. The van der Waals surface area contributed by atoms with Crippen molar-refractivity contribution in [2.75, 3.05) is 24.2 Å². The fraction of sp³-hybridized carbons (Fsp3) is 0.387. The standard InChI is InChI=1S/C31H29F6N7O3/c1-2-47-21-13-17(28(46)42-22-14-19(8-10-39-22)30(32,33)34)5-6-20(21)23-24-26(38)40-11-12-44(24)27(43-23)18-7-9-29(41-15-18,31(35,36)37)25(45)16-3-4-16/h5-6,8,10-14,16,18,41H,2-4,7,9,15H2,1H3,(H2,38,40)(H,39,42,46)/t18-,29-/m1/s1. The van der Waals surface area contributed by atoms with Gasteiger partial charge in [-0.2, -0.15) is 26.3 Å². The Labute approximate surface area is 263 Å². The molecule has 0 radical (unpaired) electrons. The number of pyridine rings is 1. The Morgan fingerprint density at radius 1 is 1.09 bits per heavy atom. The quantitative estimate of drug-likeness (QED) is 0.202. The number of Topliss-reactive ketones (excluding diaryl/α,β-unsaturated/α-hetero) is 1. The van der Waals surface area contributed by atoms with Gasteiger partial charge in [0, 0.05) is 48.1 Å². The Morgan fingerprint density at radius 2 is 1.85 bits per heavy atom. The van der Waals surface area contributed by atoms with Crippen LogP contribution < -0.4 is 21.1 Å². The molecule has 0 bridgehead atoms. The van der Waals surface area contributed by atoms with Crippen molar-refractivity contribution in [1.82, 2.24) is 24.7 Å². The Morgan fingerprint density at radius 3 is 2.49 bits per heavy atom. The highest BCUT2D eigenvalue weighted by Crippen LogP contribution is 2.47. The number of fused-ring (bicyclic) bond motifs is 1. The Hall–Kier alpha value is -4.73. The van der Waals surface area contributed by atoms with E-state index in [-0.39, 0.29) is 42.5 Å². The van der Waals surface area contributed by atoms with Crippen molar-refractivity contribution in [3.63, 3.8) is 0 Å². The molecule has 6 rings (SSSR count). The van der Waals surface area contributed by atoms with Crippen molar-refractivity contribution in [1.29, 1.82) is 0 Å². The summed E-state index contributed by atoms with van der Waals surface area (Å²) < 4.78 is 89.7. The van der Waals surface area contributed by atoms with Gasteiger partial charge in [-0.05, 0) is 62.9 Å². The lowest BCUT2D eigenvalue weighted by Gasteiger charge is -2.41. The first-order valence-corrected chi connectivity index (χ1v) is 14.8. The minimum Gasteiger partial charge on any atom is -0.493 e. The van der Waals surface area contributed by atoms with Gasteiger partial charge in [0.2, 0.25) is 0 Å². The molecule has 1 amide bonds. The third-order valence-electron chi connectivity index (χ3n) is 8.47. The molecular formula is C31H29F6N7O3. The lowest BCUT2D eigenvalue weighted by Crippen LogP contribution is -2.65. The molecule has 47 heavy (non-hydrogen) atoms. The lowest BCUT2D eigenvalue weighted by molar-refractivity contribution is -0.205. The van der Waals surface area contributed by atoms with Crippen LogP contribution in [0, 0.1) is 5.92 Å². The van der Waals surface area contributed by atoms with E-state index in [1.54, 1.807) is 17.5 Å². The first kappa shape index (κ1) is 32.2. The zero-order valence-electron chi connectivity index (χ0n) is 24.9. The maximum atomic E-state index is 14.3. The van der Waals surface area contributed by atoms with Gasteiger partial charge < -0.3 is 15.8 Å². The molecule has 10 nitrogen and oxygen atoms in total. The van der Waals surface area contributed by atoms with Gasteiger partial charge in [-0.15, -0.1) is 0 Å². The molecule has 1 aliphatic carbocycles. The van der Waals surface area contributed by atoms with E-state index in [2.05, 4.69) is 20.6 Å². The predicted molar refractivity (Wildman–Crippen MR) is 158 cm³/mol. The number of halogens is 6. The summed E-state index contributed by atoms with van der Waals surface area (Å²) in [6.07, 6.45) is -4.96. The number of carbonyl (C=O) groups is 2. The van der Waals surface area contributed by atoms with Crippen LogP contribution in [0.4, 0.5) is 38.0 Å². The topological polar surface area (TPSA) is 137 Å². The fourth-order valence-corrected chi connectivity index (χ4v) is 5.95. The van der Waals surface area contributed by atoms with Crippen LogP contribution in [0.1, 0.15) is 60.3 Å². The van der Waals surface area contributed by atoms with E-state index in [0.29, 0.717) is 41.5 Å². The summed E-state index contributed by atoms with van der Waals surface area (Å²) in [5, 5.41) is 4.90. The number of nitrogens with one attached hydrogen (secondary N) is 2. The Balaban J connectivity index is 1.33. The third-order valence-corrected chi connectivity index (χ3v) is 8.47. The summed E-state index contributed by atoms with van der Waals surface area (Å²) in [6.45, 7) is 1.71. The maximum Gasteiger partial charge on any atom is 0.416 e. The number of nitrogen functional groups attached to an aromatic ring is 1. The van der Waals surface area contributed by atoms with Gasteiger partial charge in [-0.1, -0.05) is 0 Å². The number of carbonyl (C=O) groups excluding carboxylic acids is 2. The molecule has 1 aliphatic heterocycles. The molecule has 0 unspecified atom stereocenters. The van der Waals surface area contributed by atoms with Crippen molar-refractivity contribution in [3.8, 4) is 17.0 Å². The van der Waals surface area contributed by atoms with E-state index in [1.807, 2.05) is 0 Å². The van der Waals surface area contributed by atoms with Crippen LogP contribution in [-0.2, 0) is 11.0 Å². The smallest absolute Gasteiger partial charge is 0.416 e. The highest BCUT2D eigenvalue weighted by Gasteiger charge is 2.63. The average Bonchev–Trinajstić information content (AvgIpc) is 3.80. The predicted octanol–water partition coefficient (Wildman–Crippen LogP) is 5.79. The molecular weight excluding hydrogens is 632 g/mol. The van der Waals surface area contributed by atoms with Crippen molar-refractivity contribution >= 4 is 28.8 Å². The second kappa shape index (κ2) is 11.8.